The number of amides is 2. The number of benzene rings is 3. The Morgan fingerprint density at radius 2 is 1.52 bits per heavy atom. The van der Waals surface area contributed by atoms with Gasteiger partial charge >= 0.3 is 0 Å². The van der Waals surface area contributed by atoms with E-state index >= 15 is 0 Å². The van der Waals surface area contributed by atoms with E-state index in [1.54, 1.807) is 31.2 Å². The number of primary amides is 1. The van der Waals surface area contributed by atoms with Crippen LogP contribution in [0.2, 0.25) is 0 Å². The predicted octanol–water partition coefficient (Wildman–Crippen LogP) is 4.26. The number of anilines is 1. The van der Waals surface area contributed by atoms with E-state index in [2.05, 4.69) is 0 Å². The third kappa shape index (κ3) is 3.58. The lowest BCUT2D eigenvalue weighted by atomic mass is 9.96. The summed E-state index contributed by atoms with van der Waals surface area (Å²) in [7, 11) is 0. The van der Waals surface area contributed by atoms with Crippen LogP contribution in [0.25, 0.3) is 11.1 Å². The molecule has 0 radical (unpaired) electrons. The molecule has 0 fully saturated rings. The first kappa shape index (κ1) is 18.3. The fraction of sp³-hybridized carbons (Fsp3) is 0.0909. The van der Waals surface area contributed by atoms with Gasteiger partial charge in [-0.2, -0.15) is 0 Å². The van der Waals surface area contributed by atoms with Crippen LogP contribution in [0, 0.1) is 5.82 Å². The topological polar surface area (TPSA) is 63.4 Å². The summed E-state index contributed by atoms with van der Waals surface area (Å²) >= 11 is 0. The molecular formula is C22H19FN2O2. The van der Waals surface area contributed by atoms with E-state index < -0.39 is 17.6 Å². The molecule has 0 atom stereocenters. The molecule has 0 aliphatic carbocycles. The molecule has 3 aromatic rings. The zero-order valence-electron chi connectivity index (χ0n) is 14.9. The molecule has 0 saturated carbocycles. The number of nitrogens with zero attached hydrogens (tertiary/aromatic N) is 1. The van der Waals surface area contributed by atoms with Gasteiger partial charge in [0.05, 0.1) is 11.3 Å². The Balaban J connectivity index is 2.20. The van der Waals surface area contributed by atoms with Gasteiger partial charge in [0.15, 0.2) is 0 Å². The lowest BCUT2D eigenvalue weighted by Crippen LogP contribution is -2.32. The highest BCUT2D eigenvalue weighted by molar-refractivity contribution is 6.11. The van der Waals surface area contributed by atoms with E-state index in [9.17, 15) is 14.0 Å². The lowest BCUT2D eigenvalue weighted by molar-refractivity contribution is 0.0979. The molecule has 27 heavy (non-hydrogen) atoms. The van der Waals surface area contributed by atoms with Crippen LogP contribution in [0.4, 0.5) is 10.1 Å². The molecular weight excluding hydrogens is 343 g/mol. The molecule has 0 aliphatic rings. The third-order valence-electron chi connectivity index (χ3n) is 4.33. The molecule has 136 valence electrons. The van der Waals surface area contributed by atoms with E-state index in [4.69, 9.17) is 5.73 Å². The van der Waals surface area contributed by atoms with Crippen molar-refractivity contribution >= 4 is 17.5 Å². The molecule has 5 heteroatoms. The van der Waals surface area contributed by atoms with Gasteiger partial charge in [-0.05, 0) is 36.8 Å². The maximum atomic E-state index is 14.2. The summed E-state index contributed by atoms with van der Waals surface area (Å²) in [5.41, 5.74) is 7.66. The Morgan fingerprint density at radius 3 is 2.15 bits per heavy atom. The molecule has 0 aromatic heterocycles. The highest BCUT2D eigenvalue weighted by Crippen LogP contribution is 2.35. The van der Waals surface area contributed by atoms with E-state index in [1.165, 1.54) is 23.1 Å². The van der Waals surface area contributed by atoms with Gasteiger partial charge in [-0.25, -0.2) is 4.39 Å². The number of nitrogens with two attached hydrogens (primary N) is 1. The van der Waals surface area contributed by atoms with Crippen molar-refractivity contribution < 1.29 is 14.0 Å². The van der Waals surface area contributed by atoms with Gasteiger partial charge in [0, 0.05) is 17.7 Å². The predicted molar refractivity (Wildman–Crippen MR) is 104 cm³/mol. The van der Waals surface area contributed by atoms with Crippen molar-refractivity contribution in [1.82, 2.24) is 0 Å². The number of carbonyl (C=O) groups excluding carboxylic acids is 2. The van der Waals surface area contributed by atoms with Crippen LogP contribution in [0.5, 0.6) is 0 Å². The average molecular weight is 362 g/mol. The second-order valence-electron chi connectivity index (χ2n) is 5.96. The fourth-order valence-electron chi connectivity index (χ4n) is 3.08. The maximum Gasteiger partial charge on any atom is 0.261 e. The number of hydrogen-bond donors (Lipinski definition) is 1. The van der Waals surface area contributed by atoms with E-state index in [0.29, 0.717) is 23.4 Å². The van der Waals surface area contributed by atoms with Crippen molar-refractivity contribution in [2.45, 2.75) is 6.92 Å². The average Bonchev–Trinajstić information content (AvgIpc) is 2.69. The number of rotatable bonds is 5. The highest BCUT2D eigenvalue weighted by atomic mass is 19.1. The molecule has 2 amide bonds. The van der Waals surface area contributed by atoms with Crippen molar-refractivity contribution in [2.75, 3.05) is 11.4 Å². The van der Waals surface area contributed by atoms with Gasteiger partial charge in [-0.3, -0.25) is 9.59 Å². The largest absolute Gasteiger partial charge is 0.366 e. The normalized spacial score (nSPS) is 10.4. The summed E-state index contributed by atoms with van der Waals surface area (Å²) in [6.07, 6.45) is 0. The van der Waals surface area contributed by atoms with Crippen molar-refractivity contribution in [1.29, 1.82) is 0 Å². The summed E-state index contributed by atoms with van der Waals surface area (Å²) in [6.45, 7) is 2.10. The minimum atomic E-state index is -0.593. The Labute approximate surface area is 157 Å². The zero-order valence-corrected chi connectivity index (χ0v) is 14.9. The molecule has 0 unspecified atom stereocenters. The minimum absolute atomic E-state index is 0.0251. The first-order valence-electron chi connectivity index (χ1n) is 8.59. The molecule has 0 heterocycles. The first-order valence-corrected chi connectivity index (χ1v) is 8.59. The first-order chi connectivity index (χ1) is 13.0. The maximum absolute atomic E-state index is 14.2. The molecule has 2 N–H and O–H groups in total. The van der Waals surface area contributed by atoms with Crippen molar-refractivity contribution in [3.63, 3.8) is 0 Å². The van der Waals surface area contributed by atoms with Crippen molar-refractivity contribution in [2.24, 2.45) is 5.73 Å². The number of halogens is 1. The smallest absolute Gasteiger partial charge is 0.261 e. The van der Waals surface area contributed by atoms with Gasteiger partial charge in [0.25, 0.3) is 5.91 Å². The van der Waals surface area contributed by atoms with Crippen molar-refractivity contribution in [3.05, 3.63) is 89.7 Å². The third-order valence-corrected chi connectivity index (χ3v) is 4.33. The van der Waals surface area contributed by atoms with Gasteiger partial charge in [-0.1, -0.05) is 48.5 Å². The van der Waals surface area contributed by atoms with Crippen LogP contribution < -0.4 is 10.6 Å². The monoisotopic (exact) mass is 362 g/mol. The Hall–Kier alpha value is -3.47. The van der Waals surface area contributed by atoms with E-state index in [0.717, 1.165) is 5.56 Å². The standard InChI is InChI=1S/C22H19FN2O2/c1-2-25(22(27)16-11-6-7-13-18(16)23)19-14-8-12-17(21(24)26)20(19)15-9-4-3-5-10-15/h3-14H,2H2,1H3,(H2,24,26). The Kier molecular flexibility index (Phi) is 5.31. The Morgan fingerprint density at radius 1 is 0.889 bits per heavy atom. The molecule has 3 aromatic carbocycles. The molecule has 0 bridgehead atoms. The lowest BCUT2D eigenvalue weighted by Gasteiger charge is -2.25. The van der Waals surface area contributed by atoms with Crippen LogP contribution in [-0.4, -0.2) is 18.4 Å². The number of hydrogen-bond acceptors (Lipinski definition) is 2. The number of carbonyl (C=O) groups is 2. The zero-order chi connectivity index (χ0) is 19.4. The van der Waals surface area contributed by atoms with E-state index in [1.807, 2.05) is 30.3 Å². The van der Waals surface area contributed by atoms with Gasteiger partial charge in [0.1, 0.15) is 5.82 Å². The van der Waals surface area contributed by atoms with Crippen molar-refractivity contribution in [3.8, 4) is 11.1 Å². The molecule has 0 aliphatic heterocycles. The summed E-state index contributed by atoms with van der Waals surface area (Å²) < 4.78 is 14.2. The summed E-state index contributed by atoms with van der Waals surface area (Å²) in [5, 5.41) is 0. The van der Waals surface area contributed by atoms with Crippen LogP contribution in [0.15, 0.2) is 72.8 Å². The summed E-state index contributed by atoms with van der Waals surface area (Å²) in [4.78, 5) is 26.5. The quantitative estimate of drug-likeness (QED) is 0.737. The SMILES string of the molecule is CCN(C(=O)c1ccccc1F)c1cccc(C(N)=O)c1-c1ccccc1. The second kappa shape index (κ2) is 7.83. The van der Waals surface area contributed by atoms with Crippen LogP contribution >= 0.6 is 0 Å². The van der Waals surface area contributed by atoms with Crippen LogP contribution in [0.1, 0.15) is 27.6 Å². The van der Waals surface area contributed by atoms with E-state index in [-0.39, 0.29) is 5.56 Å². The van der Waals surface area contributed by atoms with Crippen LogP contribution in [-0.2, 0) is 0 Å². The summed E-state index contributed by atoms with van der Waals surface area (Å²) in [5.74, 6) is -1.66. The fourth-order valence-corrected chi connectivity index (χ4v) is 3.08. The van der Waals surface area contributed by atoms with Gasteiger partial charge in [-0.15, -0.1) is 0 Å². The molecule has 0 saturated heterocycles. The Bertz CT molecular complexity index is 987. The highest BCUT2D eigenvalue weighted by Gasteiger charge is 2.24. The van der Waals surface area contributed by atoms with Crippen LogP contribution in [0.3, 0.4) is 0 Å². The van der Waals surface area contributed by atoms with Gasteiger partial charge < -0.3 is 10.6 Å². The van der Waals surface area contributed by atoms with Gasteiger partial charge in [0.2, 0.25) is 5.91 Å². The molecule has 4 nitrogen and oxygen atoms in total. The minimum Gasteiger partial charge on any atom is -0.366 e. The second-order valence-corrected chi connectivity index (χ2v) is 5.96. The summed E-state index contributed by atoms with van der Waals surface area (Å²) in [6, 6.07) is 20.1. The molecule has 0 spiro atoms. The molecule has 3 rings (SSSR count).